The Balaban J connectivity index is 1.74. The van der Waals surface area contributed by atoms with Gasteiger partial charge in [0.25, 0.3) is 0 Å². The maximum absolute atomic E-state index is 11.6. The minimum Gasteiger partial charge on any atom is -0.465 e. The van der Waals surface area contributed by atoms with E-state index in [2.05, 4.69) is 38.6 Å². The number of esters is 1. The van der Waals surface area contributed by atoms with E-state index in [-0.39, 0.29) is 5.97 Å². The Morgan fingerprint density at radius 3 is 2.22 bits per heavy atom. The highest BCUT2D eigenvalue weighted by molar-refractivity contribution is 7.08. The summed E-state index contributed by atoms with van der Waals surface area (Å²) in [6.07, 6.45) is 2.03. The molecule has 0 unspecified atom stereocenters. The summed E-state index contributed by atoms with van der Waals surface area (Å²) in [6, 6.07) is 4.41. The van der Waals surface area contributed by atoms with E-state index >= 15 is 0 Å². The van der Waals surface area contributed by atoms with Crippen molar-refractivity contribution in [2.75, 3.05) is 26.2 Å². The van der Waals surface area contributed by atoms with Crippen molar-refractivity contribution in [3.63, 3.8) is 0 Å². The number of thiophene rings is 2. The van der Waals surface area contributed by atoms with Crippen molar-refractivity contribution in [1.29, 1.82) is 0 Å². The minimum absolute atomic E-state index is 0.115. The first kappa shape index (κ1) is 16.4. The zero-order valence-corrected chi connectivity index (χ0v) is 14.9. The van der Waals surface area contributed by atoms with Crippen molar-refractivity contribution in [2.24, 2.45) is 0 Å². The van der Waals surface area contributed by atoms with Gasteiger partial charge in [0.15, 0.2) is 0 Å². The van der Waals surface area contributed by atoms with Crippen molar-refractivity contribution in [2.45, 2.75) is 19.8 Å². The molecule has 3 nitrogen and oxygen atoms in total. The van der Waals surface area contributed by atoms with Gasteiger partial charge in [-0.25, -0.2) is 0 Å². The molecule has 1 aliphatic heterocycles. The number of ether oxygens (including phenoxy) is 1. The molecule has 1 fully saturated rings. The van der Waals surface area contributed by atoms with Crippen LogP contribution in [0.25, 0.3) is 5.57 Å². The number of hydrogen-bond acceptors (Lipinski definition) is 5. The van der Waals surface area contributed by atoms with Gasteiger partial charge in [-0.05, 0) is 70.1 Å². The van der Waals surface area contributed by atoms with Gasteiger partial charge in [-0.3, -0.25) is 9.69 Å². The zero-order valence-electron chi connectivity index (χ0n) is 13.3. The summed E-state index contributed by atoms with van der Waals surface area (Å²) < 4.78 is 5.05. The molecule has 122 valence electrons. The molecule has 0 atom stereocenters. The number of rotatable bonds is 5. The van der Waals surface area contributed by atoms with Gasteiger partial charge >= 0.3 is 5.97 Å². The second kappa shape index (κ2) is 7.90. The van der Waals surface area contributed by atoms with E-state index < -0.39 is 0 Å². The van der Waals surface area contributed by atoms with E-state index in [0.29, 0.717) is 13.2 Å². The van der Waals surface area contributed by atoms with Crippen LogP contribution in [-0.4, -0.2) is 37.1 Å². The van der Waals surface area contributed by atoms with Crippen LogP contribution < -0.4 is 0 Å². The van der Waals surface area contributed by atoms with Gasteiger partial charge < -0.3 is 4.74 Å². The molecule has 0 radical (unpaired) electrons. The lowest BCUT2D eigenvalue weighted by atomic mass is 9.91. The Kier molecular flexibility index (Phi) is 5.65. The number of carbonyl (C=O) groups excluding carboxylic acids is 1. The first-order valence-electron chi connectivity index (χ1n) is 7.93. The average Bonchev–Trinajstić information content (AvgIpc) is 3.24. The van der Waals surface area contributed by atoms with Crippen molar-refractivity contribution in [3.05, 3.63) is 50.4 Å². The summed E-state index contributed by atoms with van der Waals surface area (Å²) in [5.41, 5.74) is 5.54. The van der Waals surface area contributed by atoms with Gasteiger partial charge in [0.2, 0.25) is 0 Å². The fourth-order valence-electron chi connectivity index (χ4n) is 3.01. The first-order valence-corrected chi connectivity index (χ1v) is 9.81. The highest BCUT2D eigenvalue weighted by atomic mass is 32.1. The first-order chi connectivity index (χ1) is 11.3. The second-order valence-corrected chi connectivity index (χ2v) is 7.14. The fraction of sp³-hybridized carbons (Fsp3) is 0.389. The molecule has 0 N–H and O–H groups in total. The van der Waals surface area contributed by atoms with E-state index in [1.807, 2.05) is 6.92 Å². The molecule has 0 aromatic carbocycles. The molecular formula is C18H21NO2S2. The van der Waals surface area contributed by atoms with E-state index in [1.54, 1.807) is 22.7 Å². The monoisotopic (exact) mass is 347 g/mol. The molecule has 23 heavy (non-hydrogen) atoms. The van der Waals surface area contributed by atoms with Gasteiger partial charge in [0, 0.05) is 13.1 Å². The molecule has 0 amide bonds. The molecule has 0 spiro atoms. The normalized spacial score (nSPS) is 15.6. The molecule has 2 aromatic rings. The minimum atomic E-state index is -0.115. The lowest BCUT2D eigenvalue weighted by Gasteiger charge is -2.29. The van der Waals surface area contributed by atoms with Crippen LogP contribution in [0.2, 0.25) is 0 Å². The lowest BCUT2D eigenvalue weighted by molar-refractivity contribution is -0.144. The van der Waals surface area contributed by atoms with E-state index in [9.17, 15) is 4.79 Å². The fourth-order valence-corrected chi connectivity index (χ4v) is 4.30. The highest BCUT2D eigenvalue weighted by Gasteiger charge is 2.21. The second-order valence-electron chi connectivity index (χ2n) is 5.58. The van der Waals surface area contributed by atoms with Crippen molar-refractivity contribution in [3.8, 4) is 0 Å². The molecule has 5 heteroatoms. The summed E-state index contributed by atoms with van der Waals surface area (Å²) in [5, 5.41) is 8.73. The number of piperidine rings is 1. The third-order valence-electron chi connectivity index (χ3n) is 4.09. The predicted molar refractivity (Wildman–Crippen MR) is 97.0 cm³/mol. The predicted octanol–water partition coefficient (Wildman–Crippen LogP) is 4.27. The number of nitrogens with zero attached hydrogens (tertiary/aromatic N) is 1. The third kappa shape index (κ3) is 4.10. The Morgan fingerprint density at radius 1 is 1.13 bits per heavy atom. The Morgan fingerprint density at radius 2 is 1.74 bits per heavy atom. The molecule has 1 saturated heterocycles. The van der Waals surface area contributed by atoms with Crippen LogP contribution in [0, 0.1) is 0 Å². The zero-order chi connectivity index (χ0) is 16.1. The van der Waals surface area contributed by atoms with Crippen LogP contribution >= 0.6 is 22.7 Å². The van der Waals surface area contributed by atoms with Gasteiger partial charge in [0.05, 0.1) is 13.2 Å². The maximum Gasteiger partial charge on any atom is 0.320 e. The summed E-state index contributed by atoms with van der Waals surface area (Å²) >= 11 is 3.48. The van der Waals surface area contributed by atoms with Crippen molar-refractivity contribution >= 4 is 34.2 Å². The topological polar surface area (TPSA) is 29.5 Å². The molecule has 3 rings (SSSR count). The van der Waals surface area contributed by atoms with Gasteiger partial charge in [0.1, 0.15) is 0 Å². The average molecular weight is 348 g/mol. The highest BCUT2D eigenvalue weighted by Crippen LogP contribution is 2.34. The van der Waals surface area contributed by atoms with Gasteiger partial charge in [-0.1, -0.05) is 5.57 Å². The molecular weight excluding hydrogens is 326 g/mol. The smallest absolute Gasteiger partial charge is 0.320 e. The van der Waals surface area contributed by atoms with Gasteiger partial charge in [-0.15, -0.1) is 0 Å². The standard InChI is InChI=1S/C18H21NO2S2/c1-2-21-17(20)11-19-7-3-14(4-8-19)18(15-5-9-22-12-15)16-6-10-23-13-16/h5-6,9-10,12-13H,2-4,7-8,11H2,1H3. The van der Waals surface area contributed by atoms with Crippen molar-refractivity contribution in [1.82, 2.24) is 4.90 Å². The van der Waals surface area contributed by atoms with Crippen LogP contribution in [0.1, 0.15) is 30.9 Å². The summed E-state index contributed by atoms with van der Waals surface area (Å²) in [6.45, 7) is 4.56. The SMILES string of the molecule is CCOC(=O)CN1CCC(=C(c2ccsc2)c2ccsc2)CC1. The third-order valence-corrected chi connectivity index (χ3v) is 5.46. The van der Waals surface area contributed by atoms with E-state index in [0.717, 1.165) is 25.9 Å². The number of hydrogen-bond donors (Lipinski definition) is 0. The van der Waals surface area contributed by atoms with Crippen LogP contribution in [0.5, 0.6) is 0 Å². The summed E-state index contributed by atoms with van der Waals surface area (Å²) in [4.78, 5) is 13.8. The number of likely N-dealkylation sites (tertiary alicyclic amines) is 1. The Labute approximate surface area is 145 Å². The molecule has 0 bridgehead atoms. The van der Waals surface area contributed by atoms with E-state index in [4.69, 9.17) is 4.74 Å². The molecule has 0 aliphatic carbocycles. The maximum atomic E-state index is 11.6. The quantitative estimate of drug-likeness (QED) is 0.757. The molecule has 3 heterocycles. The summed E-state index contributed by atoms with van der Waals surface area (Å²) in [7, 11) is 0. The van der Waals surface area contributed by atoms with Crippen LogP contribution in [0.3, 0.4) is 0 Å². The molecule has 1 aliphatic rings. The van der Waals surface area contributed by atoms with E-state index in [1.165, 1.54) is 22.3 Å². The van der Waals surface area contributed by atoms with Crippen LogP contribution in [0.15, 0.2) is 39.2 Å². The lowest BCUT2D eigenvalue weighted by Crippen LogP contribution is -2.36. The number of carbonyl (C=O) groups is 1. The van der Waals surface area contributed by atoms with Gasteiger partial charge in [-0.2, -0.15) is 22.7 Å². The van der Waals surface area contributed by atoms with Crippen LogP contribution in [0.4, 0.5) is 0 Å². The molecule has 2 aromatic heterocycles. The Hall–Kier alpha value is -1.43. The van der Waals surface area contributed by atoms with Crippen molar-refractivity contribution < 1.29 is 9.53 Å². The summed E-state index contributed by atoms with van der Waals surface area (Å²) in [5.74, 6) is -0.115. The molecule has 0 saturated carbocycles. The van der Waals surface area contributed by atoms with Crippen LogP contribution in [-0.2, 0) is 9.53 Å². The Bertz CT molecular complexity index is 613. The largest absolute Gasteiger partial charge is 0.465 e.